The van der Waals surface area contributed by atoms with Crippen LogP contribution in [0.2, 0.25) is 0 Å². The molecule has 0 atom stereocenters. The highest BCUT2D eigenvalue weighted by Crippen LogP contribution is 2.13. The van der Waals surface area contributed by atoms with E-state index in [-0.39, 0.29) is 0 Å². The van der Waals surface area contributed by atoms with Crippen molar-refractivity contribution < 1.29 is 4.79 Å². The summed E-state index contributed by atoms with van der Waals surface area (Å²) in [4.78, 5) is 14.6. The van der Waals surface area contributed by atoms with Gasteiger partial charge in [-0.15, -0.1) is 0 Å². The molecule has 0 aliphatic carbocycles. The van der Waals surface area contributed by atoms with Crippen molar-refractivity contribution in [3.05, 3.63) is 24.0 Å². The minimum absolute atomic E-state index is 0.391. The van der Waals surface area contributed by atoms with E-state index in [0.29, 0.717) is 11.6 Å². The molecule has 0 aromatic carbocycles. The van der Waals surface area contributed by atoms with Gasteiger partial charge in [-0.3, -0.25) is 4.98 Å². The first-order chi connectivity index (χ1) is 6.09. The van der Waals surface area contributed by atoms with Crippen molar-refractivity contribution in [1.29, 1.82) is 0 Å². The second kappa shape index (κ2) is 3.89. The number of carbonyl (C=O) groups excluding carboxylic acids is 1. The molecule has 1 aromatic heterocycles. The van der Waals surface area contributed by atoms with E-state index in [9.17, 15) is 4.79 Å². The molecule has 1 aromatic rings. The second-order valence-corrected chi connectivity index (χ2v) is 3.12. The number of nitrogens with zero attached hydrogens (tertiary/aromatic N) is 1. The van der Waals surface area contributed by atoms with Gasteiger partial charge in [0.05, 0.1) is 11.9 Å². The topological polar surface area (TPSA) is 68.0 Å². The van der Waals surface area contributed by atoms with Gasteiger partial charge in [0.25, 0.3) is 0 Å². The summed E-state index contributed by atoms with van der Waals surface area (Å²) in [6.07, 6.45) is 1.60. The molecule has 0 spiro atoms. The molecule has 4 heteroatoms. The van der Waals surface area contributed by atoms with Gasteiger partial charge in [-0.05, 0) is 18.1 Å². The Morgan fingerprint density at radius 2 is 2.23 bits per heavy atom. The predicted molar refractivity (Wildman–Crippen MR) is 51.5 cm³/mol. The Morgan fingerprint density at radius 3 is 2.62 bits per heavy atom. The maximum atomic E-state index is 10.5. The lowest BCUT2D eigenvalue weighted by Crippen LogP contribution is -2.19. The second-order valence-electron chi connectivity index (χ2n) is 3.12. The first-order valence-corrected chi connectivity index (χ1v) is 4.12. The van der Waals surface area contributed by atoms with Gasteiger partial charge in [0, 0.05) is 5.69 Å². The summed E-state index contributed by atoms with van der Waals surface area (Å²) in [5, 5.41) is 2.45. The molecule has 0 bridgehead atoms. The van der Waals surface area contributed by atoms with E-state index in [2.05, 4.69) is 24.1 Å². The molecule has 3 N–H and O–H groups in total. The lowest BCUT2D eigenvalue weighted by Gasteiger charge is -2.05. The van der Waals surface area contributed by atoms with Crippen LogP contribution >= 0.6 is 0 Å². The van der Waals surface area contributed by atoms with Crippen LogP contribution in [0.25, 0.3) is 0 Å². The first kappa shape index (κ1) is 9.51. The largest absolute Gasteiger partial charge is 0.351 e. The number of hydrogen-bond acceptors (Lipinski definition) is 2. The van der Waals surface area contributed by atoms with Crippen molar-refractivity contribution >= 4 is 11.7 Å². The number of rotatable bonds is 2. The number of urea groups is 1. The van der Waals surface area contributed by atoms with Crippen LogP contribution in [0.15, 0.2) is 18.3 Å². The Balaban J connectivity index is 2.75. The minimum atomic E-state index is -0.570. The normalized spacial score (nSPS) is 10.1. The summed E-state index contributed by atoms with van der Waals surface area (Å²) in [6.45, 7) is 4.12. The number of amides is 2. The van der Waals surface area contributed by atoms with Crippen molar-refractivity contribution in [1.82, 2.24) is 4.98 Å². The smallest absolute Gasteiger partial charge is 0.316 e. The van der Waals surface area contributed by atoms with Crippen LogP contribution < -0.4 is 11.1 Å². The summed E-state index contributed by atoms with van der Waals surface area (Å²) in [7, 11) is 0. The quantitative estimate of drug-likeness (QED) is 0.725. The molecule has 1 heterocycles. The molecule has 0 aliphatic rings. The van der Waals surface area contributed by atoms with E-state index in [4.69, 9.17) is 5.73 Å². The van der Waals surface area contributed by atoms with Crippen LogP contribution in [-0.4, -0.2) is 11.0 Å². The lowest BCUT2D eigenvalue weighted by atomic mass is 10.1. The molecular formula is C9H13N3O. The van der Waals surface area contributed by atoms with Crippen molar-refractivity contribution in [3.8, 4) is 0 Å². The number of carbonyl (C=O) groups is 1. The molecule has 0 saturated heterocycles. The Morgan fingerprint density at radius 1 is 1.54 bits per heavy atom. The summed E-state index contributed by atoms with van der Waals surface area (Å²) in [6, 6.07) is 3.09. The maximum Gasteiger partial charge on any atom is 0.316 e. The molecule has 1 rings (SSSR count). The summed E-state index contributed by atoms with van der Waals surface area (Å²) in [5.41, 5.74) is 6.56. The number of primary amides is 1. The third kappa shape index (κ3) is 2.74. The zero-order valence-electron chi connectivity index (χ0n) is 7.74. The Bertz CT molecular complexity index is 292. The van der Waals surface area contributed by atoms with Gasteiger partial charge in [0.15, 0.2) is 0 Å². The molecule has 0 fully saturated rings. The number of aromatic nitrogens is 1. The Labute approximate surface area is 77.2 Å². The van der Waals surface area contributed by atoms with Gasteiger partial charge in [-0.1, -0.05) is 13.8 Å². The number of nitrogens with two attached hydrogens (primary N) is 1. The van der Waals surface area contributed by atoms with Crippen LogP contribution in [0.3, 0.4) is 0 Å². The third-order valence-corrected chi connectivity index (χ3v) is 1.65. The van der Waals surface area contributed by atoms with E-state index in [1.54, 1.807) is 12.3 Å². The molecule has 0 saturated carbocycles. The van der Waals surface area contributed by atoms with Crippen molar-refractivity contribution in [2.75, 3.05) is 5.32 Å². The fourth-order valence-electron chi connectivity index (χ4n) is 0.963. The van der Waals surface area contributed by atoms with Gasteiger partial charge in [0.2, 0.25) is 0 Å². The zero-order valence-corrected chi connectivity index (χ0v) is 7.74. The Hall–Kier alpha value is -1.58. The molecule has 4 nitrogen and oxygen atoms in total. The van der Waals surface area contributed by atoms with Crippen molar-refractivity contribution in [3.63, 3.8) is 0 Å². The van der Waals surface area contributed by atoms with E-state index < -0.39 is 6.03 Å². The van der Waals surface area contributed by atoms with Gasteiger partial charge < -0.3 is 11.1 Å². The first-order valence-electron chi connectivity index (χ1n) is 4.12. The summed E-state index contributed by atoms with van der Waals surface area (Å²) >= 11 is 0. The van der Waals surface area contributed by atoms with Crippen molar-refractivity contribution in [2.24, 2.45) is 5.73 Å². The number of hydrogen-bond donors (Lipinski definition) is 2. The molecule has 0 radical (unpaired) electrons. The third-order valence-electron chi connectivity index (χ3n) is 1.65. The molecule has 0 aliphatic heterocycles. The highest BCUT2D eigenvalue weighted by atomic mass is 16.2. The predicted octanol–water partition coefficient (Wildman–Crippen LogP) is 1.70. The fraction of sp³-hybridized carbons (Fsp3) is 0.333. The van der Waals surface area contributed by atoms with Crippen LogP contribution in [-0.2, 0) is 0 Å². The van der Waals surface area contributed by atoms with Gasteiger partial charge in [0.1, 0.15) is 0 Å². The van der Waals surface area contributed by atoms with Gasteiger partial charge in [-0.2, -0.15) is 0 Å². The zero-order chi connectivity index (χ0) is 9.84. The van der Waals surface area contributed by atoms with Crippen LogP contribution in [0.5, 0.6) is 0 Å². The highest BCUT2D eigenvalue weighted by molar-refractivity contribution is 5.87. The van der Waals surface area contributed by atoms with Crippen molar-refractivity contribution in [2.45, 2.75) is 19.8 Å². The number of pyridine rings is 1. The summed E-state index contributed by atoms with van der Waals surface area (Å²) in [5.74, 6) is 0.391. The highest BCUT2D eigenvalue weighted by Gasteiger charge is 2.00. The van der Waals surface area contributed by atoms with E-state index in [0.717, 1.165) is 5.69 Å². The number of nitrogens with one attached hydrogen (secondary N) is 1. The average molecular weight is 179 g/mol. The van der Waals surface area contributed by atoms with Crippen LogP contribution in [0.1, 0.15) is 25.5 Å². The minimum Gasteiger partial charge on any atom is -0.351 e. The SMILES string of the molecule is CC(C)c1ccc(NC(N)=O)cn1. The molecular weight excluding hydrogens is 166 g/mol. The maximum absolute atomic E-state index is 10.5. The molecule has 13 heavy (non-hydrogen) atoms. The van der Waals surface area contributed by atoms with Gasteiger partial charge >= 0.3 is 6.03 Å². The summed E-state index contributed by atoms with van der Waals surface area (Å²) < 4.78 is 0. The van der Waals surface area contributed by atoms with E-state index >= 15 is 0 Å². The molecule has 70 valence electrons. The standard InChI is InChI=1S/C9H13N3O/c1-6(2)8-4-3-7(5-11-8)12-9(10)13/h3-6H,1-2H3,(H3,10,12,13). The van der Waals surface area contributed by atoms with E-state index in [1.165, 1.54) is 0 Å². The van der Waals surface area contributed by atoms with Crippen LogP contribution in [0, 0.1) is 0 Å². The lowest BCUT2D eigenvalue weighted by molar-refractivity contribution is 0.259. The fourth-order valence-corrected chi connectivity index (χ4v) is 0.963. The Kier molecular flexibility index (Phi) is 2.84. The number of anilines is 1. The average Bonchev–Trinajstić information content (AvgIpc) is 2.04. The van der Waals surface area contributed by atoms with E-state index in [1.807, 2.05) is 6.07 Å². The molecule has 2 amide bonds. The monoisotopic (exact) mass is 179 g/mol. The molecule has 0 unspecified atom stereocenters. The van der Waals surface area contributed by atoms with Crippen LogP contribution in [0.4, 0.5) is 10.5 Å². The van der Waals surface area contributed by atoms with Gasteiger partial charge in [-0.25, -0.2) is 4.79 Å².